The van der Waals surface area contributed by atoms with E-state index in [9.17, 15) is 14.0 Å². The highest BCUT2D eigenvalue weighted by atomic mass is 19.1. The van der Waals surface area contributed by atoms with Gasteiger partial charge in [0.15, 0.2) is 17.7 Å². The molecular formula is C23H19FN2O4. The van der Waals surface area contributed by atoms with Crippen molar-refractivity contribution in [3.8, 4) is 5.75 Å². The van der Waals surface area contributed by atoms with Crippen LogP contribution in [0.15, 0.2) is 71.3 Å². The molecule has 7 heteroatoms. The number of halogens is 1. The first-order valence-electron chi connectivity index (χ1n) is 9.40. The zero-order chi connectivity index (χ0) is 21.1. The van der Waals surface area contributed by atoms with Gasteiger partial charge in [-0.05, 0) is 35.9 Å². The minimum absolute atomic E-state index is 0.0177. The van der Waals surface area contributed by atoms with Crippen LogP contribution in [-0.2, 0) is 16.0 Å². The zero-order valence-corrected chi connectivity index (χ0v) is 16.1. The van der Waals surface area contributed by atoms with Crippen LogP contribution in [0.4, 0.5) is 4.39 Å². The third-order valence-electron chi connectivity index (χ3n) is 4.73. The van der Waals surface area contributed by atoms with Crippen LogP contribution in [0.25, 0.3) is 21.7 Å². The number of ether oxygens (including phenoxy) is 1. The largest absolute Gasteiger partial charge is 0.478 e. The molecule has 0 spiro atoms. The van der Waals surface area contributed by atoms with Crippen LogP contribution in [0.3, 0.4) is 0 Å². The van der Waals surface area contributed by atoms with Gasteiger partial charge in [0, 0.05) is 10.9 Å². The molecule has 30 heavy (non-hydrogen) atoms. The number of para-hydroxylation sites is 1. The van der Waals surface area contributed by atoms with E-state index < -0.39 is 23.7 Å². The number of hydrogen-bond acceptors (Lipinski definition) is 4. The van der Waals surface area contributed by atoms with Gasteiger partial charge in [0.25, 0.3) is 5.91 Å². The van der Waals surface area contributed by atoms with Crippen molar-refractivity contribution >= 4 is 33.6 Å². The predicted octanol–water partition coefficient (Wildman–Crippen LogP) is 3.88. The Morgan fingerprint density at radius 2 is 1.80 bits per heavy atom. The lowest BCUT2D eigenvalue weighted by Crippen LogP contribution is -2.47. The minimum Gasteiger partial charge on any atom is -0.478 e. The number of carbonyl (C=O) groups is 2. The van der Waals surface area contributed by atoms with Crippen LogP contribution < -0.4 is 15.6 Å². The fourth-order valence-corrected chi connectivity index (χ4v) is 3.24. The van der Waals surface area contributed by atoms with Crippen molar-refractivity contribution in [2.45, 2.75) is 19.4 Å². The number of amides is 2. The van der Waals surface area contributed by atoms with Gasteiger partial charge in [-0.3, -0.25) is 20.4 Å². The molecule has 1 aromatic heterocycles. The molecular weight excluding hydrogens is 387 g/mol. The summed E-state index contributed by atoms with van der Waals surface area (Å²) in [6.45, 7) is 1.46. The fourth-order valence-electron chi connectivity index (χ4n) is 3.24. The Labute approximate surface area is 171 Å². The summed E-state index contributed by atoms with van der Waals surface area (Å²) in [4.78, 5) is 24.5. The summed E-state index contributed by atoms with van der Waals surface area (Å²) in [6.07, 6.45) is 0.563. The molecule has 0 bridgehead atoms. The van der Waals surface area contributed by atoms with Crippen LogP contribution in [0.1, 0.15) is 12.5 Å². The predicted molar refractivity (Wildman–Crippen MR) is 110 cm³/mol. The van der Waals surface area contributed by atoms with E-state index in [4.69, 9.17) is 9.15 Å². The quantitative estimate of drug-likeness (QED) is 0.493. The average Bonchev–Trinajstić information content (AvgIpc) is 3.16. The average molecular weight is 406 g/mol. The van der Waals surface area contributed by atoms with Crippen molar-refractivity contribution in [3.63, 3.8) is 0 Å². The van der Waals surface area contributed by atoms with Gasteiger partial charge in [0.1, 0.15) is 5.58 Å². The van der Waals surface area contributed by atoms with E-state index in [1.54, 1.807) is 12.3 Å². The fraction of sp³-hybridized carbons (Fsp3) is 0.130. The zero-order valence-electron chi connectivity index (χ0n) is 16.1. The van der Waals surface area contributed by atoms with E-state index in [1.165, 1.54) is 25.1 Å². The molecule has 0 radical (unpaired) electrons. The molecule has 152 valence electrons. The Hall–Kier alpha value is -3.87. The molecule has 0 aliphatic rings. The third-order valence-corrected chi connectivity index (χ3v) is 4.73. The Morgan fingerprint density at radius 3 is 2.63 bits per heavy atom. The molecule has 1 heterocycles. The van der Waals surface area contributed by atoms with Gasteiger partial charge in [0.05, 0.1) is 12.7 Å². The van der Waals surface area contributed by atoms with Crippen LogP contribution in [0, 0.1) is 5.82 Å². The van der Waals surface area contributed by atoms with Gasteiger partial charge in [-0.15, -0.1) is 0 Å². The second kappa shape index (κ2) is 8.24. The van der Waals surface area contributed by atoms with Gasteiger partial charge in [-0.2, -0.15) is 0 Å². The Morgan fingerprint density at radius 1 is 1.03 bits per heavy atom. The molecule has 2 amide bonds. The number of fused-ring (bicyclic) bond motifs is 3. The first-order chi connectivity index (χ1) is 14.5. The molecule has 0 saturated carbocycles. The normalized spacial score (nSPS) is 11.9. The summed E-state index contributed by atoms with van der Waals surface area (Å²) in [7, 11) is 0. The van der Waals surface area contributed by atoms with Crippen LogP contribution in [-0.4, -0.2) is 17.9 Å². The molecule has 0 saturated heterocycles. The lowest BCUT2D eigenvalue weighted by Gasteiger charge is -2.15. The molecule has 2 N–H and O–H groups in total. The maximum absolute atomic E-state index is 13.6. The van der Waals surface area contributed by atoms with Crippen molar-refractivity contribution in [1.29, 1.82) is 0 Å². The number of benzene rings is 3. The molecule has 0 fully saturated rings. The lowest BCUT2D eigenvalue weighted by molar-refractivity contribution is -0.132. The lowest BCUT2D eigenvalue weighted by atomic mass is 10.0. The second-order valence-corrected chi connectivity index (χ2v) is 6.83. The Bertz CT molecular complexity index is 1230. The summed E-state index contributed by atoms with van der Waals surface area (Å²) in [5.74, 6) is -1.63. The minimum atomic E-state index is -0.999. The number of furan rings is 1. The van der Waals surface area contributed by atoms with Gasteiger partial charge in [-0.1, -0.05) is 42.5 Å². The number of rotatable bonds is 5. The highest BCUT2D eigenvalue weighted by Gasteiger charge is 2.18. The SMILES string of the molecule is CC(Oc1ccccc1F)C(=O)NNC(=O)Cc1coc2ccc3ccccc3c12. The van der Waals surface area contributed by atoms with Gasteiger partial charge in [-0.25, -0.2) is 4.39 Å². The standard InChI is InChI=1S/C23H19FN2O4/c1-14(30-19-9-5-4-8-18(19)24)23(28)26-25-21(27)12-16-13-29-20-11-10-15-6-2-3-7-17(15)22(16)20/h2-11,13-14H,12H2,1H3,(H,25,27)(H,26,28). The molecule has 0 aliphatic heterocycles. The van der Waals surface area contributed by atoms with E-state index in [-0.39, 0.29) is 12.2 Å². The second-order valence-electron chi connectivity index (χ2n) is 6.83. The molecule has 4 aromatic rings. The summed E-state index contributed by atoms with van der Waals surface area (Å²) >= 11 is 0. The molecule has 1 unspecified atom stereocenters. The topological polar surface area (TPSA) is 80.6 Å². The van der Waals surface area contributed by atoms with Crippen LogP contribution in [0.5, 0.6) is 5.75 Å². The van der Waals surface area contributed by atoms with Crippen LogP contribution in [0.2, 0.25) is 0 Å². The van der Waals surface area contributed by atoms with Gasteiger partial charge in [0.2, 0.25) is 5.91 Å². The number of hydrogen-bond donors (Lipinski definition) is 2. The van der Waals surface area contributed by atoms with Gasteiger partial charge < -0.3 is 9.15 Å². The first kappa shape index (κ1) is 19.4. The van der Waals surface area contributed by atoms with E-state index in [1.807, 2.05) is 36.4 Å². The molecule has 3 aromatic carbocycles. The van der Waals surface area contributed by atoms with Crippen molar-refractivity contribution in [1.82, 2.24) is 10.9 Å². The molecule has 4 rings (SSSR count). The van der Waals surface area contributed by atoms with Crippen molar-refractivity contribution in [2.24, 2.45) is 0 Å². The number of hydrazine groups is 1. The number of nitrogens with one attached hydrogen (secondary N) is 2. The summed E-state index contributed by atoms with van der Waals surface area (Å²) in [6, 6.07) is 17.4. The molecule has 0 aliphatic carbocycles. The molecule has 6 nitrogen and oxygen atoms in total. The monoisotopic (exact) mass is 406 g/mol. The maximum Gasteiger partial charge on any atom is 0.279 e. The van der Waals surface area contributed by atoms with Crippen molar-refractivity contribution in [2.75, 3.05) is 0 Å². The maximum atomic E-state index is 13.6. The highest BCUT2D eigenvalue weighted by Crippen LogP contribution is 2.30. The van der Waals surface area contributed by atoms with Crippen molar-refractivity contribution in [3.05, 3.63) is 78.3 Å². The van der Waals surface area contributed by atoms with Crippen LogP contribution >= 0.6 is 0 Å². The summed E-state index contributed by atoms with van der Waals surface area (Å²) in [5.41, 5.74) is 6.06. The van der Waals surface area contributed by atoms with E-state index in [0.717, 1.165) is 16.2 Å². The third kappa shape index (κ3) is 3.96. The smallest absolute Gasteiger partial charge is 0.279 e. The Balaban J connectivity index is 1.40. The highest BCUT2D eigenvalue weighted by molar-refractivity contribution is 6.08. The van der Waals surface area contributed by atoms with Crippen molar-refractivity contribution < 1.29 is 23.1 Å². The van der Waals surface area contributed by atoms with Gasteiger partial charge >= 0.3 is 0 Å². The summed E-state index contributed by atoms with van der Waals surface area (Å²) < 4.78 is 24.5. The van der Waals surface area contributed by atoms with E-state index >= 15 is 0 Å². The van der Waals surface area contributed by atoms with E-state index in [0.29, 0.717) is 11.1 Å². The Kier molecular flexibility index (Phi) is 5.34. The first-order valence-corrected chi connectivity index (χ1v) is 9.40. The molecule has 1 atom stereocenters. The number of carbonyl (C=O) groups excluding carboxylic acids is 2. The van der Waals surface area contributed by atoms with E-state index in [2.05, 4.69) is 10.9 Å². The summed E-state index contributed by atoms with van der Waals surface area (Å²) in [5, 5.41) is 2.90.